The molecule has 0 aliphatic carbocycles. The van der Waals surface area contributed by atoms with E-state index in [4.69, 9.17) is 0 Å². The molecule has 3 nitrogen and oxygen atoms in total. The van der Waals surface area contributed by atoms with Crippen molar-refractivity contribution in [2.24, 2.45) is 0 Å². The number of nitrogens with one attached hydrogen (secondary N) is 1. The Bertz CT molecular complexity index is 408. The first kappa shape index (κ1) is 16.2. The zero-order valence-electron chi connectivity index (χ0n) is 10.9. The van der Waals surface area contributed by atoms with Crippen LogP contribution < -0.4 is 5.32 Å². The van der Waals surface area contributed by atoms with Crippen LogP contribution in [0.25, 0.3) is 0 Å². The van der Waals surface area contributed by atoms with Gasteiger partial charge in [0, 0.05) is 17.2 Å². The molecule has 0 saturated carbocycles. The van der Waals surface area contributed by atoms with E-state index in [0.29, 0.717) is 11.0 Å². The van der Waals surface area contributed by atoms with Crippen molar-refractivity contribution >= 4 is 21.7 Å². The summed E-state index contributed by atoms with van der Waals surface area (Å²) in [5, 5.41) is 2.75. The smallest absolute Gasteiger partial charge is 0.370 e. The van der Waals surface area contributed by atoms with E-state index in [0.717, 1.165) is 25.5 Å². The molecule has 0 aliphatic rings. The summed E-state index contributed by atoms with van der Waals surface area (Å²) in [6.45, 7) is 1.40. The van der Waals surface area contributed by atoms with Crippen LogP contribution in [0.3, 0.4) is 0 Å². The first-order valence-electron chi connectivity index (χ1n) is 5.92. The van der Waals surface area contributed by atoms with Crippen LogP contribution in [-0.4, -0.2) is 37.1 Å². The first-order valence-corrected chi connectivity index (χ1v) is 6.71. The maximum absolute atomic E-state index is 12.8. The number of hydrogen-bond donors (Lipinski definition) is 1. The molecule has 0 saturated heterocycles. The Morgan fingerprint density at radius 1 is 1.32 bits per heavy atom. The molecule has 0 spiro atoms. The van der Waals surface area contributed by atoms with E-state index in [1.165, 1.54) is 6.20 Å². The van der Waals surface area contributed by atoms with Gasteiger partial charge in [-0.25, -0.2) is 4.98 Å². The minimum Gasteiger partial charge on any atom is -0.370 e. The molecule has 19 heavy (non-hydrogen) atoms. The van der Waals surface area contributed by atoms with Crippen LogP contribution in [0.2, 0.25) is 0 Å². The highest BCUT2D eigenvalue weighted by molar-refractivity contribution is 9.10. The van der Waals surface area contributed by atoms with Crippen LogP contribution in [0.15, 0.2) is 16.7 Å². The third-order valence-corrected chi connectivity index (χ3v) is 2.92. The van der Waals surface area contributed by atoms with Gasteiger partial charge in [-0.15, -0.1) is 0 Å². The summed E-state index contributed by atoms with van der Waals surface area (Å²) in [6, 6.07) is 1.04. The molecule has 1 N–H and O–H groups in total. The summed E-state index contributed by atoms with van der Waals surface area (Å²) in [6.07, 6.45) is -1.31. The maximum atomic E-state index is 12.8. The number of rotatable bonds is 6. The van der Waals surface area contributed by atoms with E-state index in [1.807, 2.05) is 19.0 Å². The van der Waals surface area contributed by atoms with Crippen molar-refractivity contribution in [2.45, 2.75) is 19.0 Å². The van der Waals surface area contributed by atoms with Crippen LogP contribution in [0.5, 0.6) is 0 Å². The average molecular weight is 340 g/mol. The van der Waals surface area contributed by atoms with Gasteiger partial charge in [-0.3, -0.25) is 0 Å². The molecule has 108 valence electrons. The zero-order chi connectivity index (χ0) is 14.5. The molecule has 0 amide bonds. The van der Waals surface area contributed by atoms with Crippen molar-refractivity contribution in [2.75, 3.05) is 32.5 Å². The molecule has 0 unspecified atom stereocenters. The Morgan fingerprint density at radius 3 is 2.58 bits per heavy atom. The van der Waals surface area contributed by atoms with Crippen molar-refractivity contribution in [3.63, 3.8) is 0 Å². The number of pyridine rings is 1. The van der Waals surface area contributed by atoms with E-state index < -0.39 is 11.7 Å². The van der Waals surface area contributed by atoms with Gasteiger partial charge in [0.15, 0.2) is 0 Å². The molecule has 0 aliphatic heterocycles. The second-order valence-electron chi connectivity index (χ2n) is 4.48. The van der Waals surface area contributed by atoms with Gasteiger partial charge >= 0.3 is 6.18 Å². The highest BCUT2D eigenvalue weighted by Crippen LogP contribution is 2.35. The molecule has 0 aromatic carbocycles. The van der Waals surface area contributed by atoms with E-state index in [-0.39, 0.29) is 5.82 Å². The second-order valence-corrected chi connectivity index (χ2v) is 5.40. The van der Waals surface area contributed by atoms with E-state index in [9.17, 15) is 13.2 Å². The monoisotopic (exact) mass is 339 g/mol. The largest absolute Gasteiger partial charge is 0.419 e. The predicted molar refractivity (Wildman–Crippen MR) is 73.2 cm³/mol. The molecule has 1 heterocycles. The van der Waals surface area contributed by atoms with Crippen molar-refractivity contribution in [1.82, 2.24) is 9.88 Å². The van der Waals surface area contributed by atoms with Crippen LogP contribution in [-0.2, 0) is 6.18 Å². The topological polar surface area (TPSA) is 28.2 Å². The molecular formula is C12H17BrF3N3. The quantitative estimate of drug-likeness (QED) is 0.802. The molecule has 1 rings (SSSR count). The third-order valence-electron chi connectivity index (χ3n) is 2.48. The molecule has 0 fully saturated rings. The molecule has 0 atom stereocenters. The van der Waals surface area contributed by atoms with Gasteiger partial charge in [0.25, 0.3) is 0 Å². The zero-order valence-corrected chi connectivity index (χ0v) is 12.5. The van der Waals surface area contributed by atoms with Gasteiger partial charge < -0.3 is 10.2 Å². The summed E-state index contributed by atoms with van der Waals surface area (Å²) in [4.78, 5) is 5.83. The van der Waals surface area contributed by atoms with Gasteiger partial charge in [0.05, 0.1) is 5.56 Å². The molecule has 1 aromatic heterocycles. The Morgan fingerprint density at radius 2 is 2.00 bits per heavy atom. The lowest BCUT2D eigenvalue weighted by atomic mass is 10.2. The number of nitrogens with zero attached hydrogens (tertiary/aromatic N) is 2. The fraction of sp³-hybridized carbons (Fsp3) is 0.583. The predicted octanol–water partition coefficient (Wildman–Crippen LogP) is 3.62. The van der Waals surface area contributed by atoms with Crippen molar-refractivity contribution < 1.29 is 13.2 Å². The van der Waals surface area contributed by atoms with Gasteiger partial charge in [0.2, 0.25) is 0 Å². The molecule has 7 heteroatoms. The first-order chi connectivity index (χ1) is 8.80. The molecule has 0 radical (unpaired) electrons. The normalized spacial score (nSPS) is 11.9. The van der Waals surface area contributed by atoms with E-state index in [1.54, 1.807) is 0 Å². The second kappa shape index (κ2) is 7.09. The number of alkyl halides is 3. The number of unbranched alkanes of at least 4 members (excludes halogenated alkanes) is 1. The van der Waals surface area contributed by atoms with Crippen LogP contribution >= 0.6 is 15.9 Å². The fourth-order valence-corrected chi connectivity index (χ4v) is 1.89. The number of hydrogen-bond acceptors (Lipinski definition) is 3. The van der Waals surface area contributed by atoms with Crippen LogP contribution in [0, 0.1) is 0 Å². The summed E-state index contributed by atoms with van der Waals surface area (Å²) in [5.41, 5.74) is -0.741. The highest BCUT2D eigenvalue weighted by atomic mass is 79.9. The average Bonchev–Trinajstić information content (AvgIpc) is 2.28. The maximum Gasteiger partial charge on any atom is 0.419 e. The van der Waals surface area contributed by atoms with Gasteiger partial charge in [-0.1, -0.05) is 0 Å². The Kier molecular flexibility index (Phi) is 6.06. The third kappa shape index (κ3) is 5.78. The van der Waals surface area contributed by atoms with Gasteiger partial charge in [-0.05, 0) is 55.5 Å². The van der Waals surface area contributed by atoms with E-state index >= 15 is 0 Å². The molecular weight excluding hydrogens is 323 g/mol. The summed E-state index contributed by atoms with van der Waals surface area (Å²) < 4.78 is 38.7. The minimum atomic E-state index is -4.40. The number of halogens is 4. The van der Waals surface area contributed by atoms with Crippen molar-refractivity contribution in [3.05, 3.63) is 22.3 Å². The van der Waals surface area contributed by atoms with E-state index in [2.05, 4.69) is 26.2 Å². The number of anilines is 1. The molecule has 0 bridgehead atoms. The van der Waals surface area contributed by atoms with Gasteiger partial charge in [0.1, 0.15) is 5.82 Å². The lowest BCUT2D eigenvalue weighted by molar-refractivity contribution is -0.137. The SMILES string of the molecule is CN(C)CCCCNc1ncc(Br)cc1C(F)(F)F. The van der Waals surface area contributed by atoms with Crippen LogP contribution in [0.1, 0.15) is 18.4 Å². The lowest BCUT2D eigenvalue weighted by Gasteiger charge is -2.14. The summed E-state index contributed by atoms with van der Waals surface area (Å²) >= 11 is 3.00. The summed E-state index contributed by atoms with van der Waals surface area (Å²) in [5.74, 6) is -0.111. The number of aromatic nitrogens is 1. The summed E-state index contributed by atoms with van der Waals surface area (Å²) in [7, 11) is 3.93. The van der Waals surface area contributed by atoms with Crippen LogP contribution in [0.4, 0.5) is 19.0 Å². The van der Waals surface area contributed by atoms with Gasteiger partial charge in [-0.2, -0.15) is 13.2 Å². The van der Waals surface area contributed by atoms with Crippen molar-refractivity contribution in [1.29, 1.82) is 0 Å². The standard InChI is InChI=1S/C12H17BrF3N3/c1-19(2)6-4-3-5-17-11-10(12(14,15)16)7-9(13)8-18-11/h7-8H,3-6H2,1-2H3,(H,17,18). The minimum absolute atomic E-state index is 0.111. The Balaban J connectivity index is 2.58. The highest BCUT2D eigenvalue weighted by Gasteiger charge is 2.34. The molecule has 1 aromatic rings. The fourth-order valence-electron chi connectivity index (χ4n) is 1.56. The van der Waals surface area contributed by atoms with Crippen molar-refractivity contribution in [3.8, 4) is 0 Å². The lowest BCUT2D eigenvalue weighted by Crippen LogP contribution is -2.16. The Labute approximate surface area is 119 Å². The Hall–Kier alpha value is -0.820.